The van der Waals surface area contributed by atoms with Crippen LogP contribution in [0.4, 0.5) is 0 Å². The Kier molecular flexibility index (Phi) is 4.78. The van der Waals surface area contributed by atoms with Gasteiger partial charge < -0.3 is 10.2 Å². The van der Waals surface area contributed by atoms with Gasteiger partial charge in [-0.05, 0) is 42.5 Å². The molecule has 0 spiro atoms. The van der Waals surface area contributed by atoms with Gasteiger partial charge in [0.05, 0.1) is 5.57 Å². The molecule has 0 amide bonds. The number of hydrogen-bond acceptors (Lipinski definition) is 2. The number of phenolic OH excluding ortho intramolecular Hbond substituents is 1. The molecule has 6 heteroatoms. The van der Waals surface area contributed by atoms with Crippen molar-refractivity contribution >= 4 is 52.4 Å². The summed E-state index contributed by atoms with van der Waals surface area (Å²) in [5, 5.41) is 20.1. The van der Waals surface area contributed by atoms with Gasteiger partial charge in [-0.15, -0.1) is 0 Å². The Morgan fingerprint density at radius 1 is 1.00 bits per heavy atom. The molecular formula is C15H9Cl3O3. The van der Waals surface area contributed by atoms with Crippen molar-refractivity contribution in [3.05, 3.63) is 62.6 Å². The summed E-state index contributed by atoms with van der Waals surface area (Å²) >= 11 is 17.7. The third kappa shape index (κ3) is 3.70. The minimum Gasteiger partial charge on any atom is -0.507 e. The summed E-state index contributed by atoms with van der Waals surface area (Å²) < 4.78 is 0. The fraction of sp³-hybridized carbons (Fsp3) is 0. The smallest absolute Gasteiger partial charge is 0.336 e. The molecule has 3 nitrogen and oxygen atoms in total. The standard InChI is InChI=1S/C15H9Cl3O3/c16-9-2-4-14(19)8(5-9)6-12(15(20)21)11-7-10(17)1-3-13(11)18/h1-7,19H,(H,20,21)/b12-6-. The Morgan fingerprint density at radius 3 is 2.29 bits per heavy atom. The first-order valence-electron chi connectivity index (χ1n) is 5.77. The van der Waals surface area contributed by atoms with Gasteiger partial charge in [-0.2, -0.15) is 0 Å². The van der Waals surface area contributed by atoms with Crippen LogP contribution < -0.4 is 0 Å². The second-order valence-corrected chi connectivity index (χ2v) is 5.47. The van der Waals surface area contributed by atoms with Gasteiger partial charge in [0.25, 0.3) is 0 Å². The van der Waals surface area contributed by atoms with E-state index in [4.69, 9.17) is 34.8 Å². The lowest BCUT2D eigenvalue weighted by atomic mass is 10.0. The lowest BCUT2D eigenvalue weighted by Crippen LogP contribution is -2.00. The minimum absolute atomic E-state index is 0.0868. The highest BCUT2D eigenvalue weighted by Crippen LogP contribution is 2.31. The molecule has 0 atom stereocenters. The van der Waals surface area contributed by atoms with Crippen molar-refractivity contribution in [1.29, 1.82) is 0 Å². The summed E-state index contributed by atoms with van der Waals surface area (Å²) in [7, 11) is 0. The number of halogens is 3. The number of carbonyl (C=O) groups is 1. The number of aliphatic carboxylic acids is 1. The molecule has 0 unspecified atom stereocenters. The van der Waals surface area contributed by atoms with Crippen LogP contribution in [0.5, 0.6) is 5.75 Å². The molecule has 0 heterocycles. The highest BCUT2D eigenvalue weighted by Gasteiger charge is 2.15. The molecular weight excluding hydrogens is 335 g/mol. The van der Waals surface area contributed by atoms with Crippen LogP contribution in [0.15, 0.2) is 36.4 Å². The predicted molar refractivity (Wildman–Crippen MR) is 85.1 cm³/mol. The molecule has 0 saturated heterocycles. The third-order valence-corrected chi connectivity index (χ3v) is 3.54. The molecule has 0 saturated carbocycles. The van der Waals surface area contributed by atoms with Crippen molar-refractivity contribution in [2.24, 2.45) is 0 Å². The molecule has 2 aromatic carbocycles. The summed E-state index contributed by atoms with van der Waals surface area (Å²) in [6.07, 6.45) is 1.29. The Labute approximate surface area is 136 Å². The fourth-order valence-corrected chi connectivity index (χ4v) is 2.33. The van der Waals surface area contributed by atoms with E-state index >= 15 is 0 Å². The van der Waals surface area contributed by atoms with E-state index in [-0.39, 0.29) is 27.5 Å². The van der Waals surface area contributed by atoms with E-state index in [2.05, 4.69) is 0 Å². The van der Waals surface area contributed by atoms with Crippen LogP contribution in [0.3, 0.4) is 0 Å². The quantitative estimate of drug-likeness (QED) is 0.610. The van der Waals surface area contributed by atoms with Crippen molar-refractivity contribution < 1.29 is 15.0 Å². The number of carboxylic acids is 1. The van der Waals surface area contributed by atoms with Crippen molar-refractivity contribution in [3.8, 4) is 5.75 Å². The van der Waals surface area contributed by atoms with Crippen LogP contribution >= 0.6 is 34.8 Å². The molecule has 0 fully saturated rings. The van der Waals surface area contributed by atoms with Gasteiger partial charge in [0, 0.05) is 26.2 Å². The van der Waals surface area contributed by atoms with Crippen LogP contribution in [0.25, 0.3) is 11.6 Å². The van der Waals surface area contributed by atoms with Gasteiger partial charge in [0.15, 0.2) is 0 Å². The first-order chi connectivity index (χ1) is 9.88. The number of hydrogen-bond donors (Lipinski definition) is 2. The summed E-state index contributed by atoms with van der Waals surface area (Å²) in [5.74, 6) is -1.28. The highest BCUT2D eigenvalue weighted by atomic mass is 35.5. The van der Waals surface area contributed by atoms with Crippen LogP contribution in [0.1, 0.15) is 11.1 Å². The van der Waals surface area contributed by atoms with E-state index in [1.807, 2.05) is 0 Å². The maximum absolute atomic E-state index is 11.5. The van der Waals surface area contributed by atoms with Crippen molar-refractivity contribution in [2.75, 3.05) is 0 Å². The highest BCUT2D eigenvalue weighted by molar-refractivity contribution is 6.37. The van der Waals surface area contributed by atoms with Gasteiger partial charge in [-0.3, -0.25) is 0 Å². The van der Waals surface area contributed by atoms with Crippen LogP contribution in [0.2, 0.25) is 15.1 Å². The van der Waals surface area contributed by atoms with Crippen molar-refractivity contribution in [1.82, 2.24) is 0 Å². The SMILES string of the molecule is O=C(O)/C(=C\c1cc(Cl)ccc1O)c1cc(Cl)ccc1Cl. The zero-order valence-electron chi connectivity index (χ0n) is 10.5. The maximum Gasteiger partial charge on any atom is 0.336 e. The molecule has 0 aliphatic carbocycles. The van der Waals surface area contributed by atoms with Gasteiger partial charge >= 0.3 is 5.97 Å². The Balaban J connectivity index is 2.63. The van der Waals surface area contributed by atoms with Gasteiger partial charge in [-0.1, -0.05) is 34.8 Å². The first kappa shape index (κ1) is 15.7. The van der Waals surface area contributed by atoms with Crippen LogP contribution in [-0.2, 0) is 4.79 Å². The topological polar surface area (TPSA) is 57.5 Å². The zero-order valence-corrected chi connectivity index (χ0v) is 12.7. The molecule has 108 valence electrons. The summed E-state index contributed by atoms with van der Waals surface area (Å²) in [6.45, 7) is 0. The number of rotatable bonds is 3. The monoisotopic (exact) mass is 342 g/mol. The number of carboxylic acid groups (broad SMARTS) is 1. The number of aromatic hydroxyl groups is 1. The second kappa shape index (κ2) is 6.39. The first-order valence-corrected chi connectivity index (χ1v) is 6.91. The normalized spacial score (nSPS) is 11.5. The molecule has 0 aromatic heterocycles. The van der Waals surface area contributed by atoms with Gasteiger partial charge in [-0.25, -0.2) is 4.79 Å². The predicted octanol–water partition coefficient (Wildman–Crippen LogP) is 4.98. The third-order valence-electron chi connectivity index (χ3n) is 2.74. The molecule has 21 heavy (non-hydrogen) atoms. The molecule has 0 aliphatic heterocycles. The average Bonchev–Trinajstić information content (AvgIpc) is 2.42. The number of benzene rings is 2. The average molecular weight is 344 g/mol. The van der Waals surface area contributed by atoms with Crippen LogP contribution in [0, 0.1) is 0 Å². The summed E-state index contributed by atoms with van der Waals surface area (Å²) in [6, 6.07) is 8.86. The molecule has 2 rings (SSSR count). The zero-order chi connectivity index (χ0) is 15.6. The van der Waals surface area contributed by atoms with E-state index in [9.17, 15) is 15.0 Å². The largest absolute Gasteiger partial charge is 0.507 e. The van der Waals surface area contributed by atoms with E-state index in [0.717, 1.165) is 0 Å². The summed E-state index contributed by atoms with van der Waals surface area (Å²) in [4.78, 5) is 11.5. The Bertz CT molecular complexity index is 739. The number of phenols is 1. The maximum atomic E-state index is 11.5. The van der Waals surface area contributed by atoms with E-state index < -0.39 is 5.97 Å². The van der Waals surface area contributed by atoms with E-state index in [0.29, 0.717) is 10.0 Å². The summed E-state index contributed by atoms with van der Waals surface area (Å²) in [5.41, 5.74) is 0.437. The molecule has 0 radical (unpaired) electrons. The van der Waals surface area contributed by atoms with Crippen molar-refractivity contribution in [2.45, 2.75) is 0 Å². The van der Waals surface area contributed by atoms with Gasteiger partial charge in [0.2, 0.25) is 0 Å². The fourth-order valence-electron chi connectivity index (χ4n) is 1.76. The van der Waals surface area contributed by atoms with Crippen LogP contribution in [-0.4, -0.2) is 16.2 Å². The minimum atomic E-state index is -1.20. The lowest BCUT2D eigenvalue weighted by molar-refractivity contribution is -0.130. The molecule has 2 N–H and O–H groups in total. The lowest BCUT2D eigenvalue weighted by Gasteiger charge is -2.07. The molecule has 0 aliphatic rings. The Hall–Kier alpha value is -1.68. The second-order valence-electron chi connectivity index (χ2n) is 4.19. The van der Waals surface area contributed by atoms with E-state index in [1.54, 1.807) is 6.07 Å². The Morgan fingerprint density at radius 2 is 1.62 bits per heavy atom. The van der Waals surface area contributed by atoms with Crippen molar-refractivity contribution in [3.63, 3.8) is 0 Å². The van der Waals surface area contributed by atoms with Gasteiger partial charge in [0.1, 0.15) is 5.75 Å². The molecule has 2 aromatic rings. The van der Waals surface area contributed by atoms with E-state index in [1.165, 1.54) is 36.4 Å². The molecule has 0 bridgehead atoms.